The van der Waals surface area contributed by atoms with E-state index in [1.54, 1.807) is 0 Å². The number of nitrogens with zero attached hydrogens (tertiary/aromatic N) is 3. The Bertz CT molecular complexity index is 879. The molecule has 0 spiro atoms. The Morgan fingerprint density at radius 3 is 2.43 bits per heavy atom. The molecule has 0 bridgehead atoms. The molecule has 0 saturated carbocycles. The molecule has 0 amide bonds. The van der Waals surface area contributed by atoms with E-state index in [2.05, 4.69) is 10.2 Å². The number of carbonyl (C=O) groups excluding carboxylic acids is 1. The lowest BCUT2D eigenvalue weighted by Gasteiger charge is -2.21. The average molecular weight is 428 g/mol. The fourth-order valence-electron chi connectivity index (χ4n) is 2.15. The Labute approximate surface area is 169 Å². The first-order valence-electron chi connectivity index (χ1n) is 8.98. The molecule has 0 aliphatic carbocycles. The van der Waals surface area contributed by atoms with Gasteiger partial charge in [-0.05, 0) is 30.7 Å². The van der Waals surface area contributed by atoms with Gasteiger partial charge in [-0.25, -0.2) is 12.7 Å². The number of benzene rings is 1. The molecule has 0 fully saturated rings. The third kappa shape index (κ3) is 5.73. The average Bonchev–Trinajstić information content (AvgIpc) is 3.11. The van der Waals surface area contributed by atoms with Crippen LogP contribution in [0.1, 0.15) is 51.5 Å². The first-order valence-corrected chi connectivity index (χ1v) is 11.2. The summed E-state index contributed by atoms with van der Waals surface area (Å²) in [5.74, 6) is -0.0633. The lowest BCUT2D eigenvalue weighted by atomic mass is 10.2. The minimum absolute atomic E-state index is 0.0452. The summed E-state index contributed by atoms with van der Waals surface area (Å²) in [7, 11) is -3.92. The minimum atomic E-state index is -3.92. The van der Waals surface area contributed by atoms with Crippen molar-refractivity contribution in [2.75, 3.05) is 17.6 Å². The molecule has 0 radical (unpaired) electrons. The van der Waals surface area contributed by atoms with Crippen molar-refractivity contribution in [2.24, 2.45) is 0 Å². The zero-order chi connectivity index (χ0) is 20.7. The van der Waals surface area contributed by atoms with E-state index in [0.717, 1.165) is 22.2 Å². The van der Waals surface area contributed by atoms with Gasteiger partial charge in [-0.3, -0.25) is 4.79 Å². The summed E-state index contributed by atoms with van der Waals surface area (Å²) in [5.41, 5.74) is 0. The molecule has 154 valence electrons. The Balaban J connectivity index is 2.32. The van der Waals surface area contributed by atoms with Crippen molar-refractivity contribution in [1.29, 1.82) is 0 Å². The van der Waals surface area contributed by atoms with Gasteiger partial charge in [0.05, 0.1) is 4.90 Å². The standard InChI is InChI=1S/C18H25N3O5S2/c1-5-6-11-25-12-21(18-20-19-17(27-18)13(2)3)28(23,24)16-9-7-15(8-10-16)26-14(4)22/h7-10,13H,5-6,11-12H2,1-4H3. The summed E-state index contributed by atoms with van der Waals surface area (Å²) in [6.45, 7) is 7.54. The maximum absolute atomic E-state index is 13.2. The van der Waals surface area contributed by atoms with Crippen molar-refractivity contribution < 1.29 is 22.7 Å². The van der Waals surface area contributed by atoms with E-state index in [1.807, 2.05) is 20.8 Å². The molecule has 0 aliphatic rings. The number of esters is 1. The van der Waals surface area contributed by atoms with Gasteiger partial charge in [0.1, 0.15) is 17.5 Å². The molecule has 1 aromatic carbocycles. The molecule has 10 heteroatoms. The number of carbonyl (C=O) groups is 1. The van der Waals surface area contributed by atoms with Crippen LogP contribution in [0, 0.1) is 0 Å². The number of unbranched alkanes of at least 4 members (excludes halogenated alkanes) is 1. The first kappa shape index (κ1) is 22.3. The largest absolute Gasteiger partial charge is 0.427 e. The molecule has 1 heterocycles. The lowest BCUT2D eigenvalue weighted by Crippen LogP contribution is -2.33. The van der Waals surface area contributed by atoms with Gasteiger partial charge in [0.25, 0.3) is 10.0 Å². The van der Waals surface area contributed by atoms with Gasteiger partial charge in [0, 0.05) is 19.4 Å². The molecule has 0 saturated heterocycles. The summed E-state index contributed by atoms with van der Waals surface area (Å²) in [6, 6.07) is 5.64. The second kappa shape index (κ2) is 9.94. The third-order valence-corrected chi connectivity index (χ3v) is 6.75. The van der Waals surface area contributed by atoms with Crippen LogP contribution < -0.4 is 9.04 Å². The molecule has 1 aromatic heterocycles. The number of rotatable bonds is 10. The highest BCUT2D eigenvalue weighted by molar-refractivity contribution is 7.93. The predicted molar refractivity (Wildman–Crippen MR) is 107 cm³/mol. The quantitative estimate of drug-likeness (QED) is 0.247. The zero-order valence-electron chi connectivity index (χ0n) is 16.4. The molecular formula is C18H25N3O5S2. The van der Waals surface area contributed by atoms with Gasteiger partial charge >= 0.3 is 5.97 Å². The van der Waals surface area contributed by atoms with E-state index < -0.39 is 16.0 Å². The summed E-state index contributed by atoms with van der Waals surface area (Å²) in [4.78, 5) is 11.1. The van der Waals surface area contributed by atoms with E-state index in [4.69, 9.17) is 9.47 Å². The van der Waals surface area contributed by atoms with Crippen molar-refractivity contribution in [3.05, 3.63) is 29.3 Å². The smallest absolute Gasteiger partial charge is 0.308 e. The van der Waals surface area contributed by atoms with Crippen molar-refractivity contribution in [2.45, 2.75) is 51.3 Å². The molecule has 8 nitrogen and oxygen atoms in total. The maximum Gasteiger partial charge on any atom is 0.308 e. The molecule has 0 N–H and O–H groups in total. The van der Waals surface area contributed by atoms with Gasteiger partial charge in [0.15, 0.2) is 0 Å². The molecule has 28 heavy (non-hydrogen) atoms. The molecule has 2 rings (SSSR count). The molecule has 0 aliphatic heterocycles. The first-order chi connectivity index (χ1) is 13.3. The highest BCUT2D eigenvalue weighted by Crippen LogP contribution is 2.30. The van der Waals surface area contributed by atoms with Crippen molar-refractivity contribution >= 4 is 32.5 Å². The van der Waals surface area contributed by atoms with Crippen LogP contribution in [-0.4, -0.2) is 37.9 Å². The van der Waals surface area contributed by atoms with Crippen molar-refractivity contribution in [3.63, 3.8) is 0 Å². The Morgan fingerprint density at radius 1 is 1.21 bits per heavy atom. The molecule has 0 unspecified atom stereocenters. The number of ether oxygens (including phenoxy) is 2. The van der Waals surface area contributed by atoms with Crippen LogP contribution in [-0.2, 0) is 19.6 Å². The van der Waals surface area contributed by atoms with Crippen LogP contribution in [0.5, 0.6) is 5.75 Å². The van der Waals surface area contributed by atoms with E-state index in [-0.39, 0.29) is 28.4 Å². The maximum atomic E-state index is 13.2. The Hall–Kier alpha value is -2.04. The lowest BCUT2D eigenvalue weighted by molar-refractivity contribution is -0.131. The zero-order valence-corrected chi connectivity index (χ0v) is 18.0. The number of hydrogen-bond acceptors (Lipinski definition) is 8. The fraction of sp³-hybridized carbons (Fsp3) is 0.500. The second-order valence-corrected chi connectivity index (χ2v) is 9.24. The second-order valence-electron chi connectivity index (χ2n) is 6.39. The van der Waals surface area contributed by atoms with Crippen molar-refractivity contribution in [3.8, 4) is 5.75 Å². The van der Waals surface area contributed by atoms with E-state index >= 15 is 0 Å². The number of sulfonamides is 1. The highest BCUT2D eigenvalue weighted by atomic mass is 32.2. The SMILES string of the molecule is CCCCOCN(c1nnc(C(C)C)s1)S(=O)(=O)c1ccc(OC(C)=O)cc1. The summed E-state index contributed by atoms with van der Waals surface area (Å²) in [6.07, 6.45) is 1.78. The topological polar surface area (TPSA) is 98.7 Å². The van der Waals surface area contributed by atoms with Gasteiger partial charge < -0.3 is 9.47 Å². The minimum Gasteiger partial charge on any atom is -0.427 e. The molecular weight excluding hydrogens is 402 g/mol. The van der Waals surface area contributed by atoms with Crippen LogP contribution >= 0.6 is 11.3 Å². The Kier molecular flexibility index (Phi) is 7.90. The third-order valence-electron chi connectivity index (χ3n) is 3.66. The van der Waals surface area contributed by atoms with Gasteiger partial charge in [-0.2, -0.15) is 0 Å². The fourth-order valence-corrected chi connectivity index (χ4v) is 4.49. The summed E-state index contributed by atoms with van der Waals surface area (Å²) >= 11 is 1.22. The van der Waals surface area contributed by atoms with Gasteiger partial charge in [0.2, 0.25) is 5.13 Å². The molecule has 0 atom stereocenters. The normalized spacial score (nSPS) is 11.6. The Morgan fingerprint density at radius 2 is 1.89 bits per heavy atom. The van der Waals surface area contributed by atoms with Crippen LogP contribution in [0.25, 0.3) is 0 Å². The number of aromatic nitrogens is 2. The van der Waals surface area contributed by atoms with Crippen LogP contribution in [0.2, 0.25) is 0 Å². The summed E-state index contributed by atoms with van der Waals surface area (Å²) < 4.78 is 38.0. The van der Waals surface area contributed by atoms with E-state index in [0.29, 0.717) is 6.61 Å². The highest BCUT2D eigenvalue weighted by Gasteiger charge is 2.28. The van der Waals surface area contributed by atoms with Gasteiger partial charge in [-0.1, -0.05) is 38.5 Å². The van der Waals surface area contributed by atoms with Crippen LogP contribution in [0.4, 0.5) is 5.13 Å². The van der Waals surface area contributed by atoms with Crippen LogP contribution in [0.15, 0.2) is 29.2 Å². The monoisotopic (exact) mass is 427 g/mol. The van der Waals surface area contributed by atoms with E-state index in [1.165, 1.54) is 42.5 Å². The van der Waals surface area contributed by atoms with Crippen LogP contribution in [0.3, 0.4) is 0 Å². The predicted octanol–water partition coefficient (Wildman–Crippen LogP) is 3.56. The van der Waals surface area contributed by atoms with E-state index in [9.17, 15) is 13.2 Å². The number of hydrogen-bond donors (Lipinski definition) is 0. The number of anilines is 1. The molecule has 2 aromatic rings. The van der Waals surface area contributed by atoms with Gasteiger partial charge in [-0.15, -0.1) is 10.2 Å². The summed E-state index contributed by atoms with van der Waals surface area (Å²) in [5, 5.41) is 9.13. The van der Waals surface area contributed by atoms with Crippen molar-refractivity contribution in [1.82, 2.24) is 10.2 Å².